The Morgan fingerprint density at radius 1 is 0.650 bits per heavy atom. The van der Waals surface area contributed by atoms with E-state index in [0.717, 1.165) is 94.2 Å². The van der Waals surface area contributed by atoms with Crippen molar-refractivity contribution in [2.45, 2.75) is 80.1 Å². The highest BCUT2D eigenvalue weighted by atomic mass is 16.1. The van der Waals surface area contributed by atoms with Crippen LogP contribution in [0.2, 0.25) is 0 Å². The lowest BCUT2D eigenvalue weighted by Crippen LogP contribution is -2.21. The average Bonchev–Trinajstić information content (AvgIpc) is 3.47. The lowest BCUT2D eigenvalue weighted by atomic mass is 10.1. The number of H-pyrrole nitrogens is 2. The highest BCUT2D eigenvalue weighted by Gasteiger charge is 2.15. The van der Waals surface area contributed by atoms with E-state index in [4.69, 9.17) is 0 Å². The van der Waals surface area contributed by atoms with Crippen molar-refractivity contribution < 1.29 is 0 Å². The van der Waals surface area contributed by atoms with Crippen molar-refractivity contribution in [1.29, 1.82) is 0 Å². The monoisotopic (exact) mass is 538 g/mol. The molecule has 0 spiro atoms. The topological polar surface area (TPSA) is 100 Å². The molecule has 2 aromatic carbocycles. The van der Waals surface area contributed by atoms with Crippen LogP contribution in [0.4, 0.5) is 0 Å². The molecule has 0 saturated carbocycles. The zero-order valence-electron chi connectivity index (χ0n) is 24.3. The van der Waals surface area contributed by atoms with Gasteiger partial charge in [-0.25, -0.2) is 18.8 Å². The SMILES string of the molecule is CCCc1[nH]c2nc3cc(C)ccc3n2c(=O)c1CC.CCCc1[nH]c2nc3ccc(C)cc3n2c(=O)c1CC. The van der Waals surface area contributed by atoms with Crippen LogP contribution in [-0.2, 0) is 25.7 Å². The number of rotatable bonds is 6. The second kappa shape index (κ2) is 11.1. The van der Waals surface area contributed by atoms with Crippen molar-refractivity contribution in [3.05, 3.63) is 90.7 Å². The number of aryl methyl sites for hydroxylation is 4. The molecule has 2 N–H and O–H groups in total. The van der Waals surface area contributed by atoms with Gasteiger partial charge in [-0.2, -0.15) is 0 Å². The summed E-state index contributed by atoms with van der Waals surface area (Å²) in [6.07, 6.45) is 5.28. The molecule has 0 aliphatic rings. The molecule has 6 aromatic rings. The predicted molar refractivity (Wildman–Crippen MR) is 163 cm³/mol. The third-order valence-electron chi connectivity index (χ3n) is 7.50. The molecule has 40 heavy (non-hydrogen) atoms. The van der Waals surface area contributed by atoms with E-state index in [0.29, 0.717) is 11.6 Å². The summed E-state index contributed by atoms with van der Waals surface area (Å²) in [5.41, 5.74) is 9.72. The van der Waals surface area contributed by atoms with E-state index < -0.39 is 0 Å². The van der Waals surface area contributed by atoms with Crippen molar-refractivity contribution in [3.8, 4) is 0 Å². The van der Waals surface area contributed by atoms with Crippen molar-refractivity contribution in [1.82, 2.24) is 28.7 Å². The summed E-state index contributed by atoms with van der Waals surface area (Å²) >= 11 is 0. The fourth-order valence-electron chi connectivity index (χ4n) is 5.56. The third kappa shape index (κ3) is 4.72. The van der Waals surface area contributed by atoms with E-state index in [1.54, 1.807) is 8.80 Å². The first kappa shape index (κ1) is 27.4. The maximum absolute atomic E-state index is 12.7. The maximum atomic E-state index is 12.7. The van der Waals surface area contributed by atoms with Crippen LogP contribution in [-0.4, -0.2) is 28.7 Å². The van der Waals surface area contributed by atoms with Gasteiger partial charge < -0.3 is 9.97 Å². The lowest BCUT2D eigenvalue weighted by molar-refractivity contribution is 0.835. The molecular weight excluding hydrogens is 500 g/mol. The van der Waals surface area contributed by atoms with Crippen molar-refractivity contribution in [2.24, 2.45) is 0 Å². The molecule has 0 fully saturated rings. The van der Waals surface area contributed by atoms with E-state index in [1.165, 1.54) is 0 Å². The Kier molecular flexibility index (Phi) is 7.61. The van der Waals surface area contributed by atoms with Crippen LogP contribution < -0.4 is 11.1 Å². The Hall–Kier alpha value is -4.20. The number of fused-ring (bicyclic) bond motifs is 6. The molecule has 4 aromatic heterocycles. The van der Waals surface area contributed by atoms with E-state index in [9.17, 15) is 9.59 Å². The molecular formula is C32H38N6O2. The average molecular weight is 539 g/mol. The second-order valence-electron chi connectivity index (χ2n) is 10.5. The molecule has 0 bridgehead atoms. The first-order valence-electron chi connectivity index (χ1n) is 14.4. The first-order chi connectivity index (χ1) is 19.3. The molecule has 0 saturated heterocycles. The highest BCUT2D eigenvalue weighted by Crippen LogP contribution is 2.19. The van der Waals surface area contributed by atoms with E-state index in [1.807, 2.05) is 64.1 Å². The van der Waals surface area contributed by atoms with Gasteiger partial charge in [0.25, 0.3) is 11.1 Å². The number of aromatic nitrogens is 6. The van der Waals surface area contributed by atoms with Gasteiger partial charge in [-0.3, -0.25) is 9.59 Å². The third-order valence-corrected chi connectivity index (χ3v) is 7.50. The van der Waals surface area contributed by atoms with Gasteiger partial charge in [0, 0.05) is 22.5 Å². The molecule has 0 aliphatic heterocycles. The summed E-state index contributed by atoms with van der Waals surface area (Å²) in [5, 5.41) is 0. The molecule has 0 unspecified atom stereocenters. The van der Waals surface area contributed by atoms with Crippen molar-refractivity contribution in [2.75, 3.05) is 0 Å². The number of nitrogens with one attached hydrogen (secondary N) is 2. The number of aromatic amines is 2. The molecule has 6 rings (SSSR count). The predicted octanol–water partition coefficient (Wildman–Crippen LogP) is 6.00. The smallest absolute Gasteiger partial charge is 0.262 e. The van der Waals surface area contributed by atoms with Gasteiger partial charge in [-0.1, -0.05) is 52.7 Å². The number of benzene rings is 2. The van der Waals surface area contributed by atoms with Gasteiger partial charge >= 0.3 is 0 Å². The normalized spacial score (nSPS) is 11.6. The molecule has 8 heteroatoms. The second-order valence-corrected chi connectivity index (χ2v) is 10.5. The lowest BCUT2D eigenvalue weighted by Gasteiger charge is -2.07. The van der Waals surface area contributed by atoms with Gasteiger partial charge in [-0.05, 0) is 74.9 Å². The van der Waals surface area contributed by atoms with Crippen molar-refractivity contribution in [3.63, 3.8) is 0 Å². The summed E-state index contributed by atoms with van der Waals surface area (Å²) in [7, 11) is 0. The summed E-state index contributed by atoms with van der Waals surface area (Å²) in [4.78, 5) is 41.3. The summed E-state index contributed by atoms with van der Waals surface area (Å²) in [6, 6.07) is 12.0. The number of imidazole rings is 2. The Labute approximate surface area is 233 Å². The van der Waals surface area contributed by atoms with Gasteiger partial charge in [0.15, 0.2) is 0 Å². The fourth-order valence-corrected chi connectivity index (χ4v) is 5.56. The van der Waals surface area contributed by atoms with E-state index in [-0.39, 0.29) is 11.1 Å². The largest absolute Gasteiger partial charge is 0.328 e. The van der Waals surface area contributed by atoms with E-state index in [2.05, 4.69) is 33.8 Å². The number of hydrogen-bond donors (Lipinski definition) is 2. The van der Waals surface area contributed by atoms with Gasteiger partial charge in [-0.15, -0.1) is 0 Å². The van der Waals surface area contributed by atoms with Crippen LogP contribution >= 0.6 is 0 Å². The minimum atomic E-state index is 0.0658. The first-order valence-corrected chi connectivity index (χ1v) is 14.4. The standard InChI is InChI=1S/2C16H19N3O/c1-4-6-12-11(5-2)15(20)19-14-8-7-10(3)9-13(14)18-16(19)17-12;1-4-6-12-11(5-2)15(20)19-14-9-10(3)7-8-13(14)18-16(19)17-12/h2*7-9H,4-6H2,1-3H3,(H,17,18). The van der Waals surface area contributed by atoms with Gasteiger partial charge in [0.05, 0.1) is 22.1 Å². The van der Waals surface area contributed by atoms with Crippen LogP contribution in [0.3, 0.4) is 0 Å². The Morgan fingerprint density at radius 3 is 1.70 bits per heavy atom. The maximum Gasteiger partial charge on any atom is 0.262 e. The zero-order valence-corrected chi connectivity index (χ0v) is 24.3. The van der Waals surface area contributed by atoms with Crippen LogP contribution in [0.25, 0.3) is 33.6 Å². The Morgan fingerprint density at radius 2 is 1.15 bits per heavy atom. The minimum Gasteiger partial charge on any atom is -0.328 e. The minimum absolute atomic E-state index is 0.0658. The van der Waals surface area contributed by atoms with Crippen molar-refractivity contribution >= 4 is 33.6 Å². The van der Waals surface area contributed by atoms with Gasteiger partial charge in [0.2, 0.25) is 11.6 Å². The molecule has 0 amide bonds. The zero-order chi connectivity index (χ0) is 28.6. The van der Waals surface area contributed by atoms with Crippen LogP contribution in [0.1, 0.15) is 74.2 Å². The molecule has 208 valence electrons. The molecule has 4 heterocycles. The molecule has 0 radical (unpaired) electrons. The highest BCUT2D eigenvalue weighted by molar-refractivity contribution is 5.81. The van der Waals surface area contributed by atoms with Crippen LogP contribution in [0.15, 0.2) is 46.0 Å². The number of hydrogen-bond acceptors (Lipinski definition) is 4. The summed E-state index contributed by atoms with van der Waals surface area (Å²) in [6.45, 7) is 12.4. The summed E-state index contributed by atoms with van der Waals surface area (Å²) in [5.74, 6) is 1.30. The number of nitrogens with zero attached hydrogens (tertiary/aromatic N) is 4. The van der Waals surface area contributed by atoms with Crippen LogP contribution in [0, 0.1) is 13.8 Å². The summed E-state index contributed by atoms with van der Waals surface area (Å²) < 4.78 is 3.41. The molecule has 8 nitrogen and oxygen atoms in total. The van der Waals surface area contributed by atoms with Crippen LogP contribution in [0.5, 0.6) is 0 Å². The van der Waals surface area contributed by atoms with Gasteiger partial charge in [0.1, 0.15) is 0 Å². The Balaban J connectivity index is 0.000000161. The molecule has 0 aliphatic carbocycles. The Bertz CT molecular complexity index is 1960. The quantitative estimate of drug-likeness (QED) is 0.272. The van der Waals surface area contributed by atoms with E-state index >= 15 is 0 Å². The fraction of sp³-hybridized carbons (Fsp3) is 0.375. The molecule has 0 atom stereocenters.